The Morgan fingerprint density at radius 3 is 2.52 bits per heavy atom. The fourth-order valence-corrected chi connectivity index (χ4v) is 4.27. The van der Waals surface area contributed by atoms with Gasteiger partial charge < -0.3 is 10.2 Å². The Kier molecular flexibility index (Phi) is 7.21. The van der Waals surface area contributed by atoms with E-state index in [0.717, 1.165) is 43.7 Å². The lowest BCUT2D eigenvalue weighted by Crippen LogP contribution is -2.48. The predicted molar refractivity (Wildman–Crippen MR) is 114 cm³/mol. The summed E-state index contributed by atoms with van der Waals surface area (Å²) in [6, 6.07) is 14.6. The standard InChI is InChI=1S/C22H29N3OS/c1-3-19(16-18-8-5-4-6-9-18)22(26)23-17-20(21-10-7-15-27-21)25-13-11-24(2)12-14-25/h4-10,15-16,20H,3,11-14,17H2,1-2H3,(H,23,26)/b19-16+. The molecular formula is C22H29N3OS. The average Bonchev–Trinajstić information content (AvgIpc) is 3.22. The van der Waals surface area contributed by atoms with Crippen LogP contribution in [-0.2, 0) is 4.79 Å². The Labute approximate surface area is 166 Å². The number of hydrogen-bond acceptors (Lipinski definition) is 4. The summed E-state index contributed by atoms with van der Waals surface area (Å²) in [5.41, 5.74) is 1.89. The summed E-state index contributed by atoms with van der Waals surface area (Å²) < 4.78 is 0. The lowest BCUT2D eigenvalue weighted by molar-refractivity contribution is -0.117. The number of likely N-dealkylation sites (N-methyl/N-ethyl adjacent to an activating group) is 1. The van der Waals surface area contributed by atoms with E-state index in [0.29, 0.717) is 6.54 Å². The number of rotatable bonds is 7. The number of nitrogens with one attached hydrogen (secondary N) is 1. The van der Waals surface area contributed by atoms with E-state index >= 15 is 0 Å². The molecule has 4 nitrogen and oxygen atoms in total. The van der Waals surface area contributed by atoms with Gasteiger partial charge in [0.15, 0.2) is 0 Å². The summed E-state index contributed by atoms with van der Waals surface area (Å²) in [6.45, 7) is 6.90. The molecule has 3 rings (SSSR count). The Morgan fingerprint density at radius 1 is 1.15 bits per heavy atom. The molecule has 2 heterocycles. The van der Waals surface area contributed by atoms with Crippen molar-refractivity contribution in [2.45, 2.75) is 19.4 Å². The Morgan fingerprint density at radius 2 is 1.89 bits per heavy atom. The number of carbonyl (C=O) groups excluding carboxylic acids is 1. The maximum Gasteiger partial charge on any atom is 0.247 e. The van der Waals surface area contributed by atoms with E-state index in [9.17, 15) is 4.79 Å². The van der Waals surface area contributed by atoms with Crippen molar-refractivity contribution in [3.63, 3.8) is 0 Å². The van der Waals surface area contributed by atoms with Crippen molar-refractivity contribution in [2.24, 2.45) is 0 Å². The fourth-order valence-electron chi connectivity index (χ4n) is 3.41. The van der Waals surface area contributed by atoms with Gasteiger partial charge in [0.05, 0.1) is 6.04 Å². The number of amides is 1. The van der Waals surface area contributed by atoms with Crippen LogP contribution in [0.3, 0.4) is 0 Å². The van der Waals surface area contributed by atoms with Crippen LogP contribution >= 0.6 is 11.3 Å². The first-order valence-corrected chi connectivity index (χ1v) is 10.5. The van der Waals surface area contributed by atoms with Crippen molar-refractivity contribution in [2.75, 3.05) is 39.8 Å². The van der Waals surface area contributed by atoms with Crippen LogP contribution < -0.4 is 5.32 Å². The van der Waals surface area contributed by atoms with E-state index in [1.54, 1.807) is 11.3 Å². The van der Waals surface area contributed by atoms with Crippen LogP contribution in [-0.4, -0.2) is 55.5 Å². The molecule has 1 fully saturated rings. The summed E-state index contributed by atoms with van der Waals surface area (Å²) in [5.74, 6) is 0.0389. The van der Waals surface area contributed by atoms with E-state index in [1.165, 1.54) is 4.88 Å². The average molecular weight is 384 g/mol. The monoisotopic (exact) mass is 383 g/mol. The van der Waals surface area contributed by atoms with Crippen molar-refractivity contribution in [1.82, 2.24) is 15.1 Å². The second-order valence-electron chi connectivity index (χ2n) is 7.01. The normalized spacial score (nSPS) is 17.6. The maximum atomic E-state index is 12.8. The van der Waals surface area contributed by atoms with Crippen LogP contribution in [0.4, 0.5) is 0 Å². The molecule has 5 heteroatoms. The Bertz CT molecular complexity index is 734. The van der Waals surface area contributed by atoms with E-state index in [1.807, 2.05) is 43.3 Å². The summed E-state index contributed by atoms with van der Waals surface area (Å²) in [5, 5.41) is 5.31. The molecule has 0 bridgehead atoms. The highest BCUT2D eigenvalue weighted by atomic mass is 32.1. The van der Waals surface area contributed by atoms with Gasteiger partial charge in [0.25, 0.3) is 0 Å². The third-order valence-electron chi connectivity index (χ3n) is 5.12. The number of carbonyl (C=O) groups is 1. The molecule has 1 saturated heterocycles. The summed E-state index contributed by atoms with van der Waals surface area (Å²) in [7, 11) is 2.17. The molecule has 1 aromatic carbocycles. The molecule has 1 aromatic heterocycles. The smallest absolute Gasteiger partial charge is 0.247 e. The van der Waals surface area contributed by atoms with Crippen LogP contribution in [0.2, 0.25) is 0 Å². The van der Waals surface area contributed by atoms with Crippen LogP contribution in [0.25, 0.3) is 6.08 Å². The lowest BCUT2D eigenvalue weighted by Gasteiger charge is -2.37. The second-order valence-corrected chi connectivity index (χ2v) is 7.99. The molecule has 0 aliphatic carbocycles. The zero-order valence-corrected chi connectivity index (χ0v) is 17.0. The molecule has 1 aliphatic rings. The summed E-state index contributed by atoms with van der Waals surface area (Å²) >= 11 is 1.77. The van der Waals surface area contributed by atoms with Gasteiger partial charge >= 0.3 is 0 Å². The molecule has 27 heavy (non-hydrogen) atoms. The molecule has 1 atom stereocenters. The number of benzene rings is 1. The topological polar surface area (TPSA) is 35.6 Å². The highest BCUT2D eigenvalue weighted by molar-refractivity contribution is 7.10. The second kappa shape index (κ2) is 9.83. The van der Waals surface area contributed by atoms with Gasteiger partial charge in [-0.25, -0.2) is 0 Å². The molecule has 1 unspecified atom stereocenters. The zero-order chi connectivity index (χ0) is 19.1. The number of thiophene rings is 1. The van der Waals surface area contributed by atoms with Gasteiger partial charge in [0.1, 0.15) is 0 Å². The summed E-state index contributed by atoms with van der Waals surface area (Å²) in [6.07, 6.45) is 2.71. The number of hydrogen-bond donors (Lipinski definition) is 1. The van der Waals surface area contributed by atoms with Gasteiger partial charge in [0, 0.05) is 43.2 Å². The number of piperazine rings is 1. The minimum absolute atomic E-state index is 0.0389. The molecule has 1 aliphatic heterocycles. The first-order valence-electron chi connectivity index (χ1n) is 9.67. The van der Waals surface area contributed by atoms with Crippen molar-refractivity contribution < 1.29 is 4.79 Å². The van der Waals surface area contributed by atoms with E-state index in [2.05, 4.69) is 39.7 Å². The predicted octanol–water partition coefficient (Wildman–Crippen LogP) is 3.65. The largest absolute Gasteiger partial charge is 0.350 e. The van der Waals surface area contributed by atoms with Crippen molar-refractivity contribution in [3.8, 4) is 0 Å². The Balaban J connectivity index is 1.67. The van der Waals surface area contributed by atoms with Gasteiger partial charge in [-0.15, -0.1) is 11.3 Å². The molecule has 1 amide bonds. The van der Waals surface area contributed by atoms with Crippen LogP contribution in [0, 0.1) is 0 Å². The van der Waals surface area contributed by atoms with Crippen LogP contribution in [0.15, 0.2) is 53.4 Å². The van der Waals surface area contributed by atoms with E-state index in [4.69, 9.17) is 0 Å². The number of nitrogens with zero attached hydrogens (tertiary/aromatic N) is 2. The van der Waals surface area contributed by atoms with Crippen molar-refractivity contribution in [1.29, 1.82) is 0 Å². The highest BCUT2D eigenvalue weighted by Gasteiger charge is 2.25. The van der Waals surface area contributed by atoms with Gasteiger partial charge in [-0.3, -0.25) is 9.69 Å². The molecule has 0 saturated carbocycles. The first-order chi connectivity index (χ1) is 13.2. The molecule has 0 radical (unpaired) electrons. The molecular weight excluding hydrogens is 354 g/mol. The summed E-state index contributed by atoms with van der Waals surface area (Å²) in [4.78, 5) is 19.0. The van der Waals surface area contributed by atoms with Gasteiger partial charge in [-0.05, 0) is 36.6 Å². The van der Waals surface area contributed by atoms with Crippen LogP contribution in [0.5, 0.6) is 0 Å². The zero-order valence-electron chi connectivity index (χ0n) is 16.2. The lowest BCUT2D eigenvalue weighted by atomic mass is 10.1. The van der Waals surface area contributed by atoms with E-state index in [-0.39, 0.29) is 11.9 Å². The van der Waals surface area contributed by atoms with Crippen molar-refractivity contribution in [3.05, 3.63) is 63.9 Å². The Hall–Kier alpha value is -1.95. The van der Waals surface area contributed by atoms with Gasteiger partial charge in [-0.2, -0.15) is 0 Å². The molecule has 144 valence electrons. The SMILES string of the molecule is CC/C(=C\c1ccccc1)C(=O)NCC(c1cccs1)N1CCN(C)CC1. The quantitative estimate of drug-likeness (QED) is 0.742. The molecule has 2 aromatic rings. The van der Waals surface area contributed by atoms with Crippen molar-refractivity contribution >= 4 is 23.3 Å². The minimum atomic E-state index is 0.0389. The van der Waals surface area contributed by atoms with Crippen LogP contribution in [0.1, 0.15) is 29.8 Å². The third-order valence-corrected chi connectivity index (χ3v) is 6.09. The highest BCUT2D eigenvalue weighted by Crippen LogP contribution is 2.25. The fraction of sp³-hybridized carbons (Fsp3) is 0.409. The van der Waals surface area contributed by atoms with E-state index < -0.39 is 0 Å². The molecule has 0 spiro atoms. The maximum absolute atomic E-state index is 12.8. The van der Waals surface area contributed by atoms with Gasteiger partial charge in [0.2, 0.25) is 5.91 Å². The minimum Gasteiger partial charge on any atom is -0.350 e. The first kappa shape index (κ1) is 19.8. The van der Waals surface area contributed by atoms with Gasteiger partial charge in [-0.1, -0.05) is 43.3 Å². The molecule has 1 N–H and O–H groups in total. The third kappa shape index (κ3) is 5.51.